The molecule has 0 amide bonds. The first kappa shape index (κ1) is 42.3. The van der Waals surface area contributed by atoms with E-state index in [2.05, 4.69) is 231 Å². The molecule has 310 valence electrons. The molecule has 1 aromatic heterocycles. The first-order valence-corrected chi connectivity index (χ1v) is 22.3. The SMILES string of the molecule is CC.Cc1ccccc1.Cc1ccccc1-c1c(C)cccc1-c1ccc2c3c(n(-c4ccc(\C=C/C=c5/cccc/c5=C\Nc5cccc6ccccc56)cc4)c2c1)=CCCC=3. The van der Waals surface area contributed by atoms with Crippen molar-refractivity contribution in [3.05, 3.63) is 231 Å². The van der Waals surface area contributed by atoms with Gasteiger partial charge in [-0.05, 0) is 113 Å². The zero-order chi connectivity index (χ0) is 43.5. The van der Waals surface area contributed by atoms with Gasteiger partial charge in [0.05, 0.1) is 5.52 Å². The first-order chi connectivity index (χ1) is 31.0. The zero-order valence-electron chi connectivity index (χ0n) is 37.1. The Morgan fingerprint density at radius 3 is 2.00 bits per heavy atom. The van der Waals surface area contributed by atoms with Crippen molar-refractivity contribution in [2.45, 2.75) is 47.5 Å². The van der Waals surface area contributed by atoms with Crippen LogP contribution in [0.25, 0.3) is 80.1 Å². The Morgan fingerprint density at radius 1 is 0.540 bits per heavy atom. The van der Waals surface area contributed by atoms with E-state index in [0.29, 0.717) is 0 Å². The minimum Gasteiger partial charge on any atom is -0.361 e. The molecule has 10 rings (SSSR count). The maximum atomic E-state index is 3.56. The average Bonchev–Trinajstić information content (AvgIpc) is 3.66. The second kappa shape index (κ2) is 20.0. The fourth-order valence-corrected chi connectivity index (χ4v) is 8.59. The normalized spacial score (nSPS) is 12.5. The molecule has 0 bridgehead atoms. The third-order valence-electron chi connectivity index (χ3n) is 11.7. The van der Waals surface area contributed by atoms with Gasteiger partial charge in [0.1, 0.15) is 0 Å². The number of aryl methyl sites for hydroxylation is 3. The lowest BCUT2D eigenvalue weighted by Gasteiger charge is -2.16. The van der Waals surface area contributed by atoms with Crippen LogP contribution in [0.15, 0.2) is 188 Å². The van der Waals surface area contributed by atoms with E-state index in [1.54, 1.807) is 0 Å². The molecule has 63 heavy (non-hydrogen) atoms. The van der Waals surface area contributed by atoms with Gasteiger partial charge in [-0.3, -0.25) is 0 Å². The molecule has 1 aliphatic carbocycles. The Hall–Kier alpha value is -7.42. The van der Waals surface area contributed by atoms with Gasteiger partial charge in [-0.1, -0.05) is 208 Å². The van der Waals surface area contributed by atoms with E-state index >= 15 is 0 Å². The van der Waals surface area contributed by atoms with Crippen LogP contribution in [0.1, 0.15) is 48.9 Å². The maximum absolute atomic E-state index is 3.56. The summed E-state index contributed by atoms with van der Waals surface area (Å²) in [5, 5.41) is 12.2. The van der Waals surface area contributed by atoms with Crippen molar-refractivity contribution < 1.29 is 0 Å². The van der Waals surface area contributed by atoms with Crippen LogP contribution in [0.3, 0.4) is 0 Å². The van der Waals surface area contributed by atoms with Crippen LogP contribution in [0.2, 0.25) is 0 Å². The molecule has 9 aromatic rings. The highest BCUT2D eigenvalue weighted by Gasteiger charge is 2.16. The Labute approximate surface area is 372 Å². The molecule has 0 saturated carbocycles. The number of nitrogens with one attached hydrogen (secondary N) is 1. The van der Waals surface area contributed by atoms with Crippen molar-refractivity contribution in [3.8, 4) is 27.9 Å². The van der Waals surface area contributed by atoms with Crippen LogP contribution < -0.4 is 26.3 Å². The number of nitrogens with zero attached hydrogens (tertiary/aromatic N) is 1. The lowest BCUT2D eigenvalue weighted by molar-refractivity contribution is 1.02. The molecule has 0 unspecified atom stereocenters. The fraction of sp³-hybridized carbons (Fsp3) is 0.115. The van der Waals surface area contributed by atoms with E-state index in [4.69, 9.17) is 0 Å². The summed E-state index contributed by atoms with van der Waals surface area (Å²) in [6.45, 7) is 10.5. The lowest BCUT2D eigenvalue weighted by Crippen LogP contribution is -2.30. The monoisotopic (exact) mass is 816 g/mol. The molecule has 0 saturated heterocycles. The summed E-state index contributed by atoms with van der Waals surface area (Å²) >= 11 is 0. The smallest absolute Gasteiger partial charge is 0.0547 e. The summed E-state index contributed by atoms with van der Waals surface area (Å²) in [5.41, 5.74) is 13.7. The summed E-state index contributed by atoms with van der Waals surface area (Å²) < 4.78 is 2.46. The number of allylic oxidation sites excluding steroid dienone is 1. The molecular formula is C61H56N2. The minimum atomic E-state index is 1.05. The number of fused-ring (bicyclic) bond motifs is 4. The summed E-state index contributed by atoms with van der Waals surface area (Å²) in [7, 11) is 0. The third kappa shape index (κ3) is 9.42. The van der Waals surface area contributed by atoms with Crippen LogP contribution in [-0.4, -0.2) is 4.57 Å². The molecule has 1 heterocycles. The second-order valence-electron chi connectivity index (χ2n) is 15.9. The Morgan fingerprint density at radius 2 is 1.21 bits per heavy atom. The molecule has 0 spiro atoms. The lowest BCUT2D eigenvalue weighted by atomic mass is 9.89. The van der Waals surface area contributed by atoms with Crippen molar-refractivity contribution in [2.75, 3.05) is 5.32 Å². The average molecular weight is 817 g/mol. The zero-order valence-corrected chi connectivity index (χ0v) is 37.1. The molecule has 1 aliphatic rings. The summed E-state index contributed by atoms with van der Waals surface area (Å²) in [5.74, 6) is 0. The number of hydrogen-bond donors (Lipinski definition) is 1. The van der Waals surface area contributed by atoms with Crippen molar-refractivity contribution in [1.82, 2.24) is 4.57 Å². The predicted octanol–water partition coefficient (Wildman–Crippen LogP) is 13.5. The van der Waals surface area contributed by atoms with Crippen LogP contribution in [0.5, 0.6) is 0 Å². The maximum Gasteiger partial charge on any atom is 0.0547 e. The highest BCUT2D eigenvalue weighted by atomic mass is 15.0. The van der Waals surface area contributed by atoms with Crippen LogP contribution in [-0.2, 0) is 0 Å². The molecule has 0 fully saturated rings. The Kier molecular flexibility index (Phi) is 13.4. The molecule has 0 aliphatic heterocycles. The van der Waals surface area contributed by atoms with Crippen LogP contribution >= 0.6 is 0 Å². The van der Waals surface area contributed by atoms with Gasteiger partial charge in [0.15, 0.2) is 0 Å². The predicted molar refractivity (Wildman–Crippen MR) is 275 cm³/mol. The third-order valence-corrected chi connectivity index (χ3v) is 11.7. The highest BCUT2D eigenvalue weighted by molar-refractivity contribution is 5.95. The number of aromatic nitrogens is 1. The van der Waals surface area contributed by atoms with Gasteiger partial charge in [-0.2, -0.15) is 0 Å². The molecule has 2 nitrogen and oxygen atoms in total. The van der Waals surface area contributed by atoms with E-state index in [9.17, 15) is 0 Å². The topological polar surface area (TPSA) is 17.0 Å². The largest absolute Gasteiger partial charge is 0.361 e. The Bertz CT molecular complexity index is 3290. The van der Waals surface area contributed by atoms with Gasteiger partial charge in [0, 0.05) is 38.9 Å². The summed E-state index contributed by atoms with van der Waals surface area (Å²) in [6, 6.07) is 65.0. The molecular weight excluding hydrogens is 761 g/mol. The standard InChI is InChI=1S/C52H42N2.C7H8.C2H6/c1-36-14-3-7-22-44(36)52-37(2)15-11-25-46(52)41-30-33-48-47-24-9-10-27-50(47)54(51(48)34-41)43-31-28-38(29-32-43)16-12-20-39-17-4-5-19-42(39)35-53-49-26-13-21-40-18-6-8-23-45(40)49;1-7-5-3-2-4-6-7;1-2/h3-8,11-35,53H,9-10H2,1-2H3;2-6H,1H3;1-2H3/b16-12-,39-20-,42-35+;;. The number of hydrogen-bond acceptors (Lipinski definition) is 1. The van der Waals surface area contributed by atoms with Gasteiger partial charge in [0.2, 0.25) is 0 Å². The number of anilines is 1. The van der Waals surface area contributed by atoms with E-state index in [1.807, 2.05) is 32.0 Å². The van der Waals surface area contributed by atoms with Gasteiger partial charge in [-0.15, -0.1) is 0 Å². The molecule has 0 atom stereocenters. The quantitative estimate of drug-likeness (QED) is 0.170. The van der Waals surface area contributed by atoms with E-state index in [1.165, 1.54) is 76.9 Å². The summed E-state index contributed by atoms with van der Waals surface area (Å²) in [4.78, 5) is 0. The fourth-order valence-electron chi connectivity index (χ4n) is 8.59. The van der Waals surface area contributed by atoms with Gasteiger partial charge in [0.25, 0.3) is 0 Å². The molecule has 8 aromatic carbocycles. The van der Waals surface area contributed by atoms with E-state index < -0.39 is 0 Å². The van der Waals surface area contributed by atoms with Crippen LogP contribution in [0.4, 0.5) is 5.69 Å². The van der Waals surface area contributed by atoms with E-state index in [0.717, 1.165) is 34.5 Å². The number of rotatable bonds is 7. The summed E-state index contributed by atoms with van der Waals surface area (Å²) in [6.07, 6.45) is 15.6. The van der Waals surface area contributed by atoms with Gasteiger partial charge < -0.3 is 9.88 Å². The van der Waals surface area contributed by atoms with Crippen molar-refractivity contribution in [2.24, 2.45) is 0 Å². The van der Waals surface area contributed by atoms with Crippen molar-refractivity contribution in [1.29, 1.82) is 0 Å². The molecule has 2 heteroatoms. The Balaban J connectivity index is 0.000000547. The minimum absolute atomic E-state index is 1.05. The van der Waals surface area contributed by atoms with Gasteiger partial charge in [-0.25, -0.2) is 0 Å². The van der Waals surface area contributed by atoms with Crippen molar-refractivity contribution >= 4 is 57.9 Å². The molecule has 0 radical (unpaired) electrons. The second-order valence-corrected chi connectivity index (χ2v) is 15.9. The first-order valence-electron chi connectivity index (χ1n) is 22.3. The van der Waals surface area contributed by atoms with E-state index in [-0.39, 0.29) is 0 Å². The van der Waals surface area contributed by atoms with Gasteiger partial charge >= 0.3 is 0 Å². The van der Waals surface area contributed by atoms with Crippen LogP contribution in [0, 0.1) is 20.8 Å². The van der Waals surface area contributed by atoms with Crippen molar-refractivity contribution in [3.63, 3.8) is 0 Å². The highest BCUT2D eigenvalue weighted by Crippen LogP contribution is 2.37. The molecule has 1 N–H and O–H groups in total. The number of benzene rings is 8.